The molecule has 3 heteroatoms. The molecule has 0 aromatic rings. The molecule has 0 bridgehead atoms. The van der Waals surface area contributed by atoms with Crippen LogP contribution in [-0.4, -0.2) is 42.4 Å². The second-order valence-corrected chi connectivity index (χ2v) is 3.41. The standard InChI is InChI=1S/C11H22N2O/c1-5-12(6-2)8-7-9-13(10-14)11(3)4/h10H,3,5-9H2,1-2,4H3. The van der Waals surface area contributed by atoms with Gasteiger partial charge in [-0.05, 0) is 33.0 Å². The van der Waals surface area contributed by atoms with Crippen molar-refractivity contribution in [1.82, 2.24) is 9.80 Å². The first-order valence-corrected chi connectivity index (χ1v) is 5.25. The van der Waals surface area contributed by atoms with E-state index in [9.17, 15) is 4.79 Å². The Morgan fingerprint density at radius 1 is 1.29 bits per heavy atom. The van der Waals surface area contributed by atoms with Crippen molar-refractivity contribution in [3.63, 3.8) is 0 Å². The highest BCUT2D eigenvalue weighted by molar-refractivity contribution is 5.50. The van der Waals surface area contributed by atoms with Crippen LogP contribution in [-0.2, 0) is 4.79 Å². The molecule has 0 saturated carbocycles. The summed E-state index contributed by atoms with van der Waals surface area (Å²) in [6.07, 6.45) is 1.86. The van der Waals surface area contributed by atoms with Crippen LogP contribution in [0.25, 0.3) is 0 Å². The molecule has 0 rings (SSSR count). The van der Waals surface area contributed by atoms with E-state index in [0.29, 0.717) is 0 Å². The maximum atomic E-state index is 10.6. The Morgan fingerprint density at radius 2 is 1.86 bits per heavy atom. The minimum Gasteiger partial charge on any atom is -0.320 e. The third-order valence-corrected chi connectivity index (χ3v) is 2.39. The second kappa shape index (κ2) is 7.56. The maximum Gasteiger partial charge on any atom is 0.213 e. The first-order valence-electron chi connectivity index (χ1n) is 5.25. The summed E-state index contributed by atoms with van der Waals surface area (Å²) in [4.78, 5) is 14.6. The van der Waals surface area contributed by atoms with Crippen LogP contribution in [0.3, 0.4) is 0 Å². The number of nitrogens with zero attached hydrogens (tertiary/aromatic N) is 2. The largest absolute Gasteiger partial charge is 0.320 e. The molecular weight excluding hydrogens is 176 g/mol. The van der Waals surface area contributed by atoms with Crippen molar-refractivity contribution in [2.75, 3.05) is 26.2 Å². The van der Waals surface area contributed by atoms with Crippen LogP contribution in [0.4, 0.5) is 0 Å². The molecule has 0 fully saturated rings. The van der Waals surface area contributed by atoms with E-state index in [1.165, 1.54) is 0 Å². The van der Waals surface area contributed by atoms with Gasteiger partial charge in [0.25, 0.3) is 0 Å². The molecule has 0 aromatic heterocycles. The van der Waals surface area contributed by atoms with E-state index in [4.69, 9.17) is 0 Å². The molecule has 0 aliphatic carbocycles. The first kappa shape index (κ1) is 13.2. The number of hydrogen-bond donors (Lipinski definition) is 0. The first-order chi connectivity index (χ1) is 6.65. The summed E-state index contributed by atoms with van der Waals surface area (Å²) in [5.41, 5.74) is 0.819. The molecule has 0 saturated heterocycles. The zero-order valence-corrected chi connectivity index (χ0v) is 9.62. The number of rotatable bonds is 8. The van der Waals surface area contributed by atoms with Crippen LogP contribution in [0.1, 0.15) is 27.2 Å². The second-order valence-electron chi connectivity index (χ2n) is 3.41. The molecule has 1 amide bonds. The van der Waals surface area contributed by atoms with E-state index in [0.717, 1.165) is 44.7 Å². The summed E-state index contributed by atoms with van der Waals surface area (Å²) < 4.78 is 0. The van der Waals surface area contributed by atoms with E-state index < -0.39 is 0 Å². The van der Waals surface area contributed by atoms with Gasteiger partial charge in [-0.1, -0.05) is 20.4 Å². The van der Waals surface area contributed by atoms with E-state index in [2.05, 4.69) is 25.3 Å². The van der Waals surface area contributed by atoms with Gasteiger partial charge in [-0.25, -0.2) is 0 Å². The fraction of sp³-hybridized carbons (Fsp3) is 0.727. The third kappa shape index (κ3) is 5.02. The van der Waals surface area contributed by atoms with Crippen LogP contribution in [0.5, 0.6) is 0 Å². The molecule has 0 aliphatic rings. The van der Waals surface area contributed by atoms with Gasteiger partial charge in [0.05, 0.1) is 0 Å². The summed E-state index contributed by atoms with van der Waals surface area (Å²) in [6.45, 7) is 13.9. The van der Waals surface area contributed by atoms with Gasteiger partial charge >= 0.3 is 0 Å². The van der Waals surface area contributed by atoms with Gasteiger partial charge < -0.3 is 9.80 Å². The SMILES string of the molecule is C=C(C)N(C=O)CCCN(CC)CC. The van der Waals surface area contributed by atoms with Crippen molar-refractivity contribution in [3.8, 4) is 0 Å². The molecule has 0 aliphatic heterocycles. The van der Waals surface area contributed by atoms with E-state index in [1.807, 2.05) is 6.92 Å². The van der Waals surface area contributed by atoms with Gasteiger partial charge in [0, 0.05) is 12.2 Å². The van der Waals surface area contributed by atoms with Gasteiger partial charge in [-0.3, -0.25) is 4.79 Å². The van der Waals surface area contributed by atoms with Gasteiger partial charge in [0.2, 0.25) is 6.41 Å². The fourth-order valence-corrected chi connectivity index (χ4v) is 1.34. The van der Waals surface area contributed by atoms with Crippen molar-refractivity contribution in [1.29, 1.82) is 0 Å². The highest BCUT2D eigenvalue weighted by Crippen LogP contribution is 1.99. The minimum absolute atomic E-state index is 0.773. The number of carbonyl (C=O) groups is 1. The van der Waals surface area contributed by atoms with Gasteiger partial charge in [0.15, 0.2) is 0 Å². The molecule has 0 N–H and O–H groups in total. The molecule has 0 atom stereocenters. The molecular formula is C11H22N2O. The molecule has 14 heavy (non-hydrogen) atoms. The quantitative estimate of drug-likeness (QED) is 0.554. The lowest BCUT2D eigenvalue weighted by atomic mass is 10.3. The Morgan fingerprint density at radius 3 is 2.21 bits per heavy atom. The average molecular weight is 198 g/mol. The van der Waals surface area contributed by atoms with Crippen molar-refractivity contribution in [3.05, 3.63) is 12.3 Å². The lowest BCUT2D eigenvalue weighted by molar-refractivity contribution is -0.116. The zero-order valence-electron chi connectivity index (χ0n) is 9.62. The predicted octanol–water partition coefficient (Wildman–Crippen LogP) is 1.71. The highest BCUT2D eigenvalue weighted by atomic mass is 16.1. The van der Waals surface area contributed by atoms with Crippen molar-refractivity contribution in [2.24, 2.45) is 0 Å². The summed E-state index contributed by atoms with van der Waals surface area (Å²) in [7, 11) is 0. The molecule has 0 radical (unpaired) electrons. The van der Waals surface area contributed by atoms with Gasteiger partial charge in [-0.2, -0.15) is 0 Å². The zero-order chi connectivity index (χ0) is 11.0. The van der Waals surface area contributed by atoms with Crippen LogP contribution in [0, 0.1) is 0 Å². The molecule has 82 valence electrons. The van der Waals surface area contributed by atoms with Crippen molar-refractivity contribution < 1.29 is 4.79 Å². The van der Waals surface area contributed by atoms with Gasteiger partial charge in [-0.15, -0.1) is 0 Å². The molecule has 0 heterocycles. The van der Waals surface area contributed by atoms with Crippen LogP contribution >= 0.6 is 0 Å². The molecule has 0 spiro atoms. The Labute approximate surface area is 87.4 Å². The van der Waals surface area contributed by atoms with Crippen LogP contribution in [0.15, 0.2) is 12.3 Å². The number of allylic oxidation sites excluding steroid dienone is 1. The summed E-state index contributed by atoms with van der Waals surface area (Å²) in [5.74, 6) is 0. The molecule has 3 nitrogen and oxygen atoms in total. The number of amides is 1. The Hall–Kier alpha value is -0.830. The summed E-state index contributed by atoms with van der Waals surface area (Å²) in [5, 5.41) is 0. The van der Waals surface area contributed by atoms with Crippen LogP contribution < -0.4 is 0 Å². The maximum absolute atomic E-state index is 10.6. The lowest BCUT2D eigenvalue weighted by Gasteiger charge is -2.21. The van der Waals surface area contributed by atoms with Crippen LogP contribution in [0.2, 0.25) is 0 Å². The topological polar surface area (TPSA) is 23.6 Å². The summed E-state index contributed by atoms with van der Waals surface area (Å²) >= 11 is 0. The van der Waals surface area contributed by atoms with Gasteiger partial charge in [0.1, 0.15) is 0 Å². The normalized spacial score (nSPS) is 10.3. The lowest BCUT2D eigenvalue weighted by Crippen LogP contribution is -2.28. The number of carbonyl (C=O) groups excluding carboxylic acids is 1. The van der Waals surface area contributed by atoms with Crippen molar-refractivity contribution >= 4 is 6.41 Å². The Bertz CT molecular complexity index is 176. The predicted molar refractivity (Wildman–Crippen MR) is 60.0 cm³/mol. The molecule has 0 unspecified atom stereocenters. The minimum atomic E-state index is 0.773. The van der Waals surface area contributed by atoms with E-state index in [1.54, 1.807) is 4.90 Å². The van der Waals surface area contributed by atoms with E-state index >= 15 is 0 Å². The Balaban J connectivity index is 3.70. The average Bonchev–Trinajstić information content (AvgIpc) is 2.18. The van der Waals surface area contributed by atoms with E-state index in [-0.39, 0.29) is 0 Å². The monoisotopic (exact) mass is 198 g/mol. The smallest absolute Gasteiger partial charge is 0.213 e. The number of hydrogen-bond acceptors (Lipinski definition) is 2. The highest BCUT2D eigenvalue weighted by Gasteiger charge is 2.03. The Kier molecular flexibility index (Phi) is 7.11. The fourth-order valence-electron chi connectivity index (χ4n) is 1.34. The summed E-state index contributed by atoms with van der Waals surface area (Å²) in [6, 6.07) is 0. The third-order valence-electron chi connectivity index (χ3n) is 2.39. The molecule has 0 aromatic carbocycles. The van der Waals surface area contributed by atoms with Crippen molar-refractivity contribution in [2.45, 2.75) is 27.2 Å².